The van der Waals surface area contributed by atoms with Crippen LogP contribution in [-0.4, -0.2) is 53.4 Å². The lowest BCUT2D eigenvalue weighted by Gasteiger charge is -2.25. The van der Waals surface area contributed by atoms with Gasteiger partial charge in [-0.1, -0.05) is 12.1 Å². The fourth-order valence-corrected chi connectivity index (χ4v) is 1.88. The van der Waals surface area contributed by atoms with Gasteiger partial charge in [0, 0.05) is 25.2 Å². The average Bonchev–Trinajstić information content (AvgIpc) is 2.45. The zero-order chi connectivity index (χ0) is 15.7. The molecule has 0 unspecified atom stereocenters. The first kappa shape index (κ1) is 17.2. The standard InChI is InChI=1S/C16H23NO4/c1-13(2)17(9-11-18)10-12-21-15-6-3-14(4-7-15)5-8-16(19)20/h3-8,13,18H,9-12H2,1-2H3,(H,19,20). The van der Waals surface area contributed by atoms with Gasteiger partial charge in [-0.15, -0.1) is 0 Å². The van der Waals surface area contributed by atoms with Gasteiger partial charge in [0.1, 0.15) is 12.4 Å². The minimum atomic E-state index is -0.965. The molecule has 2 N–H and O–H groups in total. The summed E-state index contributed by atoms with van der Waals surface area (Å²) in [6.45, 7) is 6.24. The third-order valence-electron chi connectivity index (χ3n) is 3.06. The molecule has 5 nitrogen and oxygen atoms in total. The molecule has 1 aromatic rings. The summed E-state index contributed by atoms with van der Waals surface area (Å²) in [5.41, 5.74) is 0.814. The molecule has 21 heavy (non-hydrogen) atoms. The van der Waals surface area contributed by atoms with Gasteiger partial charge in [-0.2, -0.15) is 0 Å². The fourth-order valence-electron chi connectivity index (χ4n) is 1.88. The van der Waals surface area contributed by atoms with Gasteiger partial charge in [0.05, 0.1) is 6.61 Å². The highest BCUT2D eigenvalue weighted by atomic mass is 16.5. The van der Waals surface area contributed by atoms with E-state index >= 15 is 0 Å². The van der Waals surface area contributed by atoms with Crippen molar-refractivity contribution < 1.29 is 19.7 Å². The number of carboxylic acid groups (broad SMARTS) is 1. The third kappa shape index (κ3) is 6.92. The van der Waals surface area contributed by atoms with E-state index in [2.05, 4.69) is 18.7 Å². The van der Waals surface area contributed by atoms with E-state index in [4.69, 9.17) is 14.9 Å². The highest BCUT2D eigenvalue weighted by Gasteiger charge is 2.08. The summed E-state index contributed by atoms with van der Waals surface area (Å²) < 4.78 is 5.65. The van der Waals surface area contributed by atoms with Gasteiger partial charge in [-0.05, 0) is 37.6 Å². The monoisotopic (exact) mass is 293 g/mol. The maximum absolute atomic E-state index is 10.4. The summed E-state index contributed by atoms with van der Waals surface area (Å²) in [7, 11) is 0. The second-order valence-corrected chi connectivity index (χ2v) is 4.94. The van der Waals surface area contributed by atoms with E-state index in [1.54, 1.807) is 0 Å². The second kappa shape index (κ2) is 9.15. The van der Waals surface area contributed by atoms with Crippen LogP contribution in [0.1, 0.15) is 19.4 Å². The van der Waals surface area contributed by atoms with Crippen LogP contribution in [0.3, 0.4) is 0 Å². The lowest BCUT2D eigenvalue weighted by Crippen LogP contribution is -2.36. The van der Waals surface area contributed by atoms with Crippen LogP contribution < -0.4 is 4.74 Å². The number of aliphatic carboxylic acids is 1. The third-order valence-corrected chi connectivity index (χ3v) is 3.06. The van der Waals surface area contributed by atoms with Gasteiger partial charge in [-0.25, -0.2) is 4.79 Å². The molecule has 5 heteroatoms. The Morgan fingerprint density at radius 2 is 1.95 bits per heavy atom. The van der Waals surface area contributed by atoms with E-state index in [9.17, 15) is 4.79 Å². The van der Waals surface area contributed by atoms with Crippen LogP contribution in [0.25, 0.3) is 6.08 Å². The normalized spacial score (nSPS) is 11.5. The summed E-state index contributed by atoms with van der Waals surface area (Å²) in [6.07, 6.45) is 2.64. The summed E-state index contributed by atoms with van der Waals surface area (Å²) in [5, 5.41) is 17.5. The first-order valence-corrected chi connectivity index (χ1v) is 7.01. The number of rotatable bonds is 9. The molecule has 0 amide bonds. The predicted molar refractivity (Wildman–Crippen MR) is 82.4 cm³/mol. The molecule has 0 aromatic heterocycles. The molecule has 0 atom stereocenters. The SMILES string of the molecule is CC(C)N(CCO)CCOc1ccc(C=CC(=O)O)cc1. The minimum Gasteiger partial charge on any atom is -0.492 e. The van der Waals surface area contributed by atoms with Crippen molar-refractivity contribution in [1.82, 2.24) is 4.90 Å². The number of hydrogen-bond acceptors (Lipinski definition) is 4. The molecule has 1 rings (SSSR count). The quantitative estimate of drug-likeness (QED) is 0.680. The molecule has 0 bridgehead atoms. The Kier molecular flexibility index (Phi) is 7.50. The molecule has 0 saturated heterocycles. The minimum absolute atomic E-state index is 0.142. The van der Waals surface area contributed by atoms with Crippen molar-refractivity contribution in [2.24, 2.45) is 0 Å². The molecule has 116 valence electrons. The van der Waals surface area contributed by atoms with Crippen LogP contribution in [0, 0.1) is 0 Å². The van der Waals surface area contributed by atoms with Gasteiger partial charge in [0.2, 0.25) is 0 Å². The van der Waals surface area contributed by atoms with Gasteiger partial charge in [0.25, 0.3) is 0 Å². The Balaban J connectivity index is 2.43. The van der Waals surface area contributed by atoms with Crippen molar-refractivity contribution in [3.05, 3.63) is 35.9 Å². The van der Waals surface area contributed by atoms with Crippen molar-refractivity contribution in [2.45, 2.75) is 19.9 Å². The summed E-state index contributed by atoms with van der Waals surface area (Å²) in [4.78, 5) is 12.6. The fraction of sp³-hybridized carbons (Fsp3) is 0.438. The molecule has 0 aliphatic heterocycles. The Hall–Kier alpha value is -1.85. The van der Waals surface area contributed by atoms with E-state index in [0.717, 1.165) is 23.9 Å². The van der Waals surface area contributed by atoms with Crippen molar-refractivity contribution in [2.75, 3.05) is 26.3 Å². The first-order valence-electron chi connectivity index (χ1n) is 7.01. The molecule has 0 fully saturated rings. The van der Waals surface area contributed by atoms with Crippen LogP contribution in [0.15, 0.2) is 30.3 Å². The number of hydrogen-bond donors (Lipinski definition) is 2. The zero-order valence-electron chi connectivity index (χ0n) is 12.5. The molecule has 0 radical (unpaired) electrons. The molecule has 0 saturated carbocycles. The number of carbonyl (C=O) groups is 1. The molecular weight excluding hydrogens is 270 g/mol. The van der Waals surface area contributed by atoms with Crippen molar-refractivity contribution in [3.63, 3.8) is 0 Å². The van der Waals surface area contributed by atoms with Crippen LogP contribution in [0.4, 0.5) is 0 Å². The Morgan fingerprint density at radius 3 is 2.48 bits per heavy atom. The highest BCUT2D eigenvalue weighted by molar-refractivity contribution is 5.85. The van der Waals surface area contributed by atoms with Crippen LogP contribution in [0.5, 0.6) is 5.75 Å². The van der Waals surface area contributed by atoms with Crippen LogP contribution in [-0.2, 0) is 4.79 Å². The van der Waals surface area contributed by atoms with E-state index in [1.807, 2.05) is 24.3 Å². The van der Waals surface area contributed by atoms with Gasteiger partial charge in [-0.3, -0.25) is 4.90 Å². The molecule has 1 aromatic carbocycles. The van der Waals surface area contributed by atoms with E-state index in [-0.39, 0.29) is 6.61 Å². The topological polar surface area (TPSA) is 70.0 Å². The summed E-state index contributed by atoms with van der Waals surface area (Å²) >= 11 is 0. The second-order valence-electron chi connectivity index (χ2n) is 4.94. The number of nitrogens with zero attached hydrogens (tertiary/aromatic N) is 1. The summed E-state index contributed by atoms with van der Waals surface area (Å²) in [5.74, 6) is -0.219. The predicted octanol–water partition coefficient (Wildman–Crippen LogP) is 1.87. The maximum Gasteiger partial charge on any atom is 0.328 e. The van der Waals surface area contributed by atoms with Gasteiger partial charge in [0.15, 0.2) is 0 Å². The van der Waals surface area contributed by atoms with E-state index < -0.39 is 5.97 Å². The van der Waals surface area contributed by atoms with Crippen molar-refractivity contribution in [3.8, 4) is 5.75 Å². The number of aliphatic hydroxyl groups excluding tert-OH is 1. The molecule has 0 spiro atoms. The van der Waals surface area contributed by atoms with Crippen molar-refractivity contribution in [1.29, 1.82) is 0 Å². The largest absolute Gasteiger partial charge is 0.492 e. The number of ether oxygens (including phenoxy) is 1. The summed E-state index contributed by atoms with van der Waals surface area (Å²) in [6, 6.07) is 7.61. The molecule has 0 aliphatic rings. The smallest absolute Gasteiger partial charge is 0.328 e. The number of benzene rings is 1. The maximum atomic E-state index is 10.4. The first-order chi connectivity index (χ1) is 10.0. The number of carboxylic acids is 1. The molecular formula is C16H23NO4. The van der Waals surface area contributed by atoms with Gasteiger partial charge < -0.3 is 14.9 Å². The average molecular weight is 293 g/mol. The Bertz CT molecular complexity index is 454. The van der Waals surface area contributed by atoms with E-state index in [1.165, 1.54) is 6.08 Å². The lowest BCUT2D eigenvalue weighted by atomic mass is 10.2. The van der Waals surface area contributed by atoms with Gasteiger partial charge >= 0.3 is 5.97 Å². The molecule has 0 heterocycles. The highest BCUT2D eigenvalue weighted by Crippen LogP contribution is 2.13. The van der Waals surface area contributed by atoms with Crippen molar-refractivity contribution >= 4 is 12.0 Å². The Morgan fingerprint density at radius 1 is 1.29 bits per heavy atom. The number of aliphatic hydroxyl groups is 1. The van der Waals surface area contributed by atoms with Crippen LogP contribution >= 0.6 is 0 Å². The zero-order valence-corrected chi connectivity index (χ0v) is 12.5. The van der Waals surface area contributed by atoms with E-state index in [0.29, 0.717) is 19.2 Å². The Labute approximate surface area is 125 Å². The lowest BCUT2D eigenvalue weighted by molar-refractivity contribution is -0.131. The van der Waals surface area contributed by atoms with Crippen LogP contribution in [0.2, 0.25) is 0 Å². The molecule has 0 aliphatic carbocycles.